The summed E-state index contributed by atoms with van der Waals surface area (Å²) in [6.07, 6.45) is 3.93. The molecule has 0 N–H and O–H groups in total. The molecule has 3 aromatic heterocycles. The number of hydrogen-bond acceptors (Lipinski definition) is 4. The molecule has 4 heterocycles. The van der Waals surface area contributed by atoms with Crippen LogP contribution in [0.2, 0.25) is 0 Å². The highest BCUT2D eigenvalue weighted by Gasteiger charge is 2.30. The maximum Gasteiger partial charge on any atom is 0.215 e. The third-order valence-corrected chi connectivity index (χ3v) is 6.52. The second kappa shape index (κ2) is 8.00. The topological polar surface area (TPSA) is 49.2 Å². The number of halogens is 1. The number of pyridine rings is 2. The van der Waals surface area contributed by atoms with E-state index in [4.69, 9.17) is 14.5 Å². The van der Waals surface area contributed by atoms with E-state index >= 15 is 0 Å². The SMILES string of the molecule is COc1cc2c(c(C)n1)c1ncc(Br)cc1n2[C@H](c1ccccc1)C1CCOCC1. The molecule has 1 aliphatic heterocycles. The van der Waals surface area contributed by atoms with Gasteiger partial charge in [-0.25, -0.2) is 4.98 Å². The summed E-state index contributed by atoms with van der Waals surface area (Å²) in [5.41, 5.74) is 5.44. The van der Waals surface area contributed by atoms with Crippen molar-refractivity contribution < 1.29 is 9.47 Å². The standard InChI is InChI=1S/C24H24BrN3O2/c1-15-22-19(13-21(27-15)29-2)28(20-12-18(25)14-26-23(20)22)24(16-6-4-3-5-7-16)17-8-10-30-11-9-17/h3-7,12-14,17,24H,8-11H2,1-2H3/t24-/m1/s1. The van der Waals surface area contributed by atoms with Crippen LogP contribution in [0.3, 0.4) is 0 Å². The van der Waals surface area contributed by atoms with E-state index in [0.29, 0.717) is 11.8 Å². The molecule has 1 aliphatic rings. The lowest BCUT2D eigenvalue weighted by Crippen LogP contribution is -2.26. The van der Waals surface area contributed by atoms with Crippen molar-refractivity contribution in [2.24, 2.45) is 5.92 Å². The van der Waals surface area contributed by atoms with Gasteiger partial charge in [-0.2, -0.15) is 0 Å². The van der Waals surface area contributed by atoms with E-state index in [1.54, 1.807) is 7.11 Å². The largest absolute Gasteiger partial charge is 0.481 e. The Balaban J connectivity index is 1.87. The Morgan fingerprint density at radius 2 is 1.90 bits per heavy atom. The first-order valence-electron chi connectivity index (χ1n) is 10.3. The molecule has 1 aromatic carbocycles. The minimum atomic E-state index is 0.178. The number of fused-ring (bicyclic) bond motifs is 3. The summed E-state index contributed by atoms with van der Waals surface area (Å²) < 4.78 is 14.6. The van der Waals surface area contributed by atoms with E-state index in [0.717, 1.165) is 58.2 Å². The van der Waals surface area contributed by atoms with Gasteiger partial charge in [-0.3, -0.25) is 4.98 Å². The zero-order valence-corrected chi connectivity index (χ0v) is 18.7. The normalized spacial score (nSPS) is 16.2. The van der Waals surface area contributed by atoms with Gasteiger partial charge in [-0.1, -0.05) is 30.3 Å². The first-order valence-corrected chi connectivity index (χ1v) is 11.1. The number of ether oxygens (including phenoxy) is 2. The molecule has 0 bridgehead atoms. The fourth-order valence-electron chi connectivity index (χ4n) is 4.76. The second-order valence-electron chi connectivity index (χ2n) is 7.84. The maximum atomic E-state index is 5.69. The summed E-state index contributed by atoms with van der Waals surface area (Å²) in [7, 11) is 1.67. The molecule has 30 heavy (non-hydrogen) atoms. The molecule has 6 heteroatoms. The lowest BCUT2D eigenvalue weighted by atomic mass is 9.86. The molecule has 0 amide bonds. The zero-order chi connectivity index (χ0) is 20.7. The van der Waals surface area contributed by atoms with Gasteiger partial charge in [-0.05, 0) is 53.2 Å². The van der Waals surface area contributed by atoms with Crippen molar-refractivity contribution in [2.45, 2.75) is 25.8 Å². The fraction of sp³-hybridized carbons (Fsp3) is 0.333. The van der Waals surface area contributed by atoms with E-state index in [2.05, 4.69) is 61.9 Å². The predicted octanol–water partition coefficient (Wildman–Crippen LogP) is 5.68. The Morgan fingerprint density at radius 3 is 2.63 bits per heavy atom. The van der Waals surface area contributed by atoms with E-state index in [1.165, 1.54) is 5.56 Å². The molecule has 1 saturated heterocycles. The van der Waals surface area contributed by atoms with Gasteiger partial charge in [0.2, 0.25) is 5.88 Å². The number of nitrogens with zero attached hydrogens (tertiary/aromatic N) is 3. The fourth-order valence-corrected chi connectivity index (χ4v) is 5.08. The minimum absolute atomic E-state index is 0.178. The molecule has 154 valence electrons. The maximum absolute atomic E-state index is 5.69. The zero-order valence-electron chi connectivity index (χ0n) is 17.1. The summed E-state index contributed by atoms with van der Waals surface area (Å²) >= 11 is 3.64. The Kier molecular flexibility index (Phi) is 5.21. The smallest absolute Gasteiger partial charge is 0.215 e. The van der Waals surface area contributed by atoms with Crippen LogP contribution in [0.4, 0.5) is 0 Å². The lowest BCUT2D eigenvalue weighted by molar-refractivity contribution is 0.0552. The summed E-state index contributed by atoms with van der Waals surface area (Å²) in [6, 6.07) is 15.2. The molecule has 5 nitrogen and oxygen atoms in total. The van der Waals surface area contributed by atoms with Crippen LogP contribution >= 0.6 is 15.9 Å². The highest BCUT2D eigenvalue weighted by molar-refractivity contribution is 9.10. The van der Waals surface area contributed by atoms with Crippen molar-refractivity contribution in [2.75, 3.05) is 20.3 Å². The summed E-state index contributed by atoms with van der Waals surface area (Å²) in [5, 5.41) is 1.09. The summed E-state index contributed by atoms with van der Waals surface area (Å²) in [5.74, 6) is 1.10. The molecule has 4 aromatic rings. The van der Waals surface area contributed by atoms with E-state index in [1.807, 2.05) is 19.2 Å². The van der Waals surface area contributed by atoms with Gasteiger partial charge in [0.25, 0.3) is 0 Å². The molecule has 5 rings (SSSR count). The molecule has 0 saturated carbocycles. The summed E-state index contributed by atoms with van der Waals surface area (Å²) in [6.45, 7) is 3.64. The van der Waals surface area contributed by atoms with Gasteiger partial charge in [0.15, 0.2) is 0 Å². The predicted molar refractivity (Wildman–Crippen MR) is 122 cm³/mol. The third kappa shape index (κ3) is 3.28. The van der Waals surface area contributed by atoms with Gasteiger partial charge in [0.1, 0.15) is 0 Å². The highest BCUT2D eigenvalue weighted by atomic mass is 79.9. The highest BCUT2D eigenvalue weighted by Crippen LogP contribution is 2.41. The van der Waals surface area contributed by atoms with Gasteiger partial charge >= 0.3 is 0 Å². The number of rotatable bonds is 4. The Bertz CT molecular complexity index is 1200. The van der Waals surface area contributed by atoms with E-state index in [-0.39, 0.29) is 6.04 Å². The number of hydrogen-bond donors (Lipinski definition) is 0. The van der Waals surface area contributed by atoms with Crippen LogP contribution in [0.15, 0.2) is 53.1 Å². The second-order valence-corrected chi connectivity index (χ2v) is 8.76. The van der Waals surface area contributed by atoms with Crippen molar-refractivity contribution in [1.29, 1.82) is 0 Å². The van der Waals surface area contributed by atoms with Crippen molar-refractivity contribution in [3.8, 4) is 5.88 Å². The van der Waals surface area contributed by atoms with Crippen LogP contribution in [-0.2, 0) is 4.74 Å². The van der Waals surface area contributed by atoms with Gasteiger partial charge in [0, 0.05) is 35.3 Å². The van der Waals surface area contributed by atoms with Crippen LogP contribution in [0.1, 0.15) is 30.1 Å². The summed E-state index contributed by atoms with van der Waals surface area (Å²) in [4.78, 5) is 9.44. The lowest BCUT2D eigenvalue weighted by Gasteiger charge is -2.33. The van der Waals surface area contributed by atoms with Crippen LogP contribution in [0.5, 0.6) is 5.88 Å². The monoisotopic (exact) mass is 465 g/mol. The van der Waals surface area contributed by atoms with Crippen molar-refractivity contribution in [3.05, 3.63) is 64.4 Å². The third-order valence-electron chi connectivity index (χ3n) is 6.09. The first-order chi connectivity index (χ1) is 14.7. The quantitative estimate of drug-likeness (QED) is 0.388. The van der Waals surface area contributed by atoms with Gasteiger partial charge in [-0.15, -0.1) is 0 Å². The van der Waals surface area contributed by atoms with Crippen molar-refractivity contribution >= 4 is 37.9 Å². The van der Waals surface area contributed by atoms with Crippen LogP contribution in [-0.4, -0.2) is 34.9 Å². The number of aromatic nitrogens is 3. The molecule has 0 spiro atoms. The van der Waals surface area contributed by atoms with Gasteiger partial charge < -0.3 is 14.0 Å². The molecular formula is C24H24BrN3O2. The Hall–Kier alpha value is -2.44. The Morgan fingerprint density at radius 1 is 1.13 bits per heavy atom. The van der Waals surface area contributed by atoms with Gasteiger partial charge in [0.05, 0.1) is 35.4 Å². The average molecular weight is 466 g/mol. The van der Waals surface area contributed by atoms with Crippen LogP contribution in [0.25, 0.3) is 21.9 Å². The molecule has 1 atom stereocenters. The Labute approximate surface area is 184 Å². The average Bonchev–Trinajstić information content (AvgIpc) is 3.09. The molecular weight excluding hydrogens is 442 g/mol. The van der Waals surface area contributed by atoms with E-state index in [9.17, 15) is 0 Å². The van der Waals surface area contributed by atoms with Crippen LogP contribution in [0, 0.1) is 12.8 Å². The van der Waals surface area contributed by atoms with Crippen molar-refractivity contribution in [1.82, 2.24) is 14.5 Å². The number of aryl methyl sites for hydroxylation is 1. The molecule has 0 unspecified atom stereocenters. The van der Waals surface area contributed by atoms with Crippen LogP contribution < -0.4 is 4.74 Å². The van der Waals surface area contributed by atoms with E-state index < -0.39 is 0 Å². The molecule has 1 fully saturated rings. The number of methoxy groups -OCH3 is 1. The van der Waals surface area contributed by atoms with Crippen molar-refractivity contribution in [3.63, 3.8) is 0 Å². The molecule has 0 aliphatic carbocycles. The minimum Gasteiger partial charge on any atom is -0.481 e. The molecule has 0 radical (unpaired) electrons. The number of benzene rings is 1. The first kappa shape index (κ1) is 19.5.